The zero-order valence-corrected chi connectivity index (χ0v) is 14.7. The summed E-state index contributed by atoms with van der Waals surface area (Å²) in [5.74, 6) is -0.237. The molecule has 0 fully saturated rings. The van der Waals surface area contributed by atoms with Gasteiger partial charge in [0.15, 0.2) is 18.4 Å². The Morgan fingerprint density at radius 1 is 1.07 bits per heavy atom. The molecule has 8 heteroatoms. The van der Waals surface area contributed by atoms with Crippen LogP contribution < -0.4 is 4.74 Å². The average molecular weight is 366 g/mol. The molecular formula is C19H18N4O4. The number of aromatic nitrogens is 4. The normalized spacial score (nSPS) is 11.6. The van der Waals surface area contributed by atoms with E-state index in [9.17, 15) is 9.59 Å². The van der Waals surface area contributed by atoms with E-state index in [4.69, 9.17) is 9.47 Å². The van der Waals surface area contributed by atoms with Crippen LogP contribution in [0.25, 0.3) is 0 Å². The molecule has 0 radical (unpaired) electrons. The number of tetrazole rings is 1. The summed E-state index contributed by atoms with van der Waals surface area (Å²) >= 11 is 0. The Balaban J connectivity index is 1.66. The van der Waals surface area contributed by atoms with Crippen LogP contribution >= 0.6 is 0 Å². The van der Waals surface area contributed by atoms with Crippen LogP contribution in [0.2, 0.25) is 0 Å². The summed E-state index contributed by atoms with van der Waals surface area (Å²) in [6.07, 6.45) is 1.70. The van der Waals surface area contributed by atoms with Gasteiger partial charge < -0.3 is 9.47 Å². The van der Waals surface area contributed by atoms with Gasteiger partial charge in [-0.25, -0.2) is 9.48 Å². The lowest BCUT2D eigenvalue weighted by Gasteiger charge is -2.15. The Kier molecular flexibility index (Phi) is 5.88. The predicted octanol–water partition coefficient (Wildman–Crippen LogP) is 1.89. The first-order valence-corrected chi connectivity index (χ1v) is 8.27. The van der Waals surface area contributed by atoms with Crippen LogP contribution in [-0.2, 0) is 16.0 Å². The molecule has 27 heavy (non-hydrogen) atoms. The molecule has 8 nitrogen and oxygen atoms in total. The third-order valence-corrected chi connectivity index (χ3v) is 3.99. The topological polar surface area (TPSA) is 96.2 Å². The van der Waals surface area contributed by atoms with Gasteiger partial charge in [0.1, 0.15) is 12.1 Å². The lowest BCUT2D eigenvalue weighted by Crippen LogP contribution is -2.26. The van der Waals surface area contributed by atoms with Gasteiger partial charge in [-0.1, -0.05) is 30.3 Å². The van der Waals surface area contributed by atoms with E-state index in [2.05, 4.69) is 15.5 Å². The van der Waals surface area contributed by atoms with Crippen LogP contribution in [0.15, 0.2) is 60.9 Å². The monoisotopic (exact) mass is 366 g/mol. The third-order valence-electron chi connectivity index (χ3n) is 3.99. The van der Waals surface area contributed by atoms with E-state index in [1.165, 1.54) is 11.0 Å². The van der Waals surface area contributed by atoms with Gasteiger partial charge in [0, 0.05) is 12.0 Å². The number of ketones is 1. The number of benzene rings is 2. The van der Waals surface area contributed by atoms with Gasteiger partial charge >= 0.3 is 5.97 Å². The number of hydrogen-bond acceptors (Lipinski definition) is 7. The molecule has 0 amide bonds. The summed E-state index contributed by atoms with van der Waals surface area (Å²) in [4.78, 5) is 24.8. The Morgan fingerprint density at radius 3 is 2.44 bits per heavy atom. The lowest BCUT2D eigenvalue weighted by molar-refractivity contribution is -0.146. The number of esters is 1. The van der Waals surface area contributed by atoms with E-state index in [1.54, 1.807) is 31.4 Å². The molecule has 0 bridgehead atoms. The van der Waals surface area contributed by atoms with Crippen molar-refractivity contribution >= 4 is 11.8 Å². The number of nitrogens with zero attached hydrogens (tertiary/aromatic N) is 4. The van der Waals surface area contributed by atoms with Crippen LogP contribution in [0.4, 0.5) is 0 Å². The van der Waals surface area contributed by atoms with E-state index >= 15 is 0 Å². The maximum absolute atomic E-state index is 12.6. The third kappa shape index (κ3) is 4.75. The number of hydrogen-bond donors (Lipinski definition) is 0. The van der Waals surface area contributed by atoms with E-state index in [0.29, 0.717) is 17.7 Å². The van der Waals surface area contributed by atoms with Crippen LogP contribution in [0.1, 0.15) is 22.0 Å². The molecule has 1 aromatic heterocycles. The fourth-order valence-electron chi connectivity index (χ4n) is 2.53. The standard InChI is InChI=1S/C19H18N4O4/c1-26-16-9-7-15(8-10-16)18(24)12-27-19(25)17(23-13-20-21-22-23)11-14-5-3-2-4-6-14/h2-10,13,17H,11-12H2,1H3/t17-/m0/s1. The molecule has 0 saturated carbocycles. The minimum atomic E-state index is -0.758. The molecule has 3 aromatic rings. The van der Waals surface area contributed by atoms with E-state index in [1.807, 2.05) is 30.3 Å². The molecule has 2 aromatic carbocycles. The Bertz CT molecular complexity index is 880. The summed E-state index contributed by atoms with van der Waals surface area (Å²) in [6, 6.07) is 15.3. The summed E-state index contributed by atoms with van der Waals surface area (Å²) < 4.78 is 11.6. The summed E-state index contributed by atoms with van der Waals surface area (Å²) in [5.41, 5.74) is 1.36. The summed E-state index contributed by atoms with van der Waals surface area (Å²) in [7, 11) is 1.55. The second kappa shape index (κ2) is 8.70. The van der Waals surface area contributed by atoms with Crippen LogP contribution in [-0.4, -0.2) is 45.7 Å². The number of Topliss-reactive ketones (excluding diaryl/α,β-unsaturated/α-hetero) is 1. The van der Waals surface area contributed by atoms with E-state index < -0.39 is 12.0 Å². The van der Waals surface area contributed by atoms with Crippen molar-refractivity contribution in [1.82, 2.24) is 20.2 Å². The molecule has 138 valence electrons. The summed E-state index contributed by atoms with van der Waals surface area (Å²) in [6.45, 7) is -0.363. The minimum Gasteiger partial charge on any atom is -0.497 e. The maximum Gasteiger partial charge on any atom is 0.331 e. The van der Waals surface area contributed by atoms with Gasteiger partial charge in [-0.15, -0.1) is 5.10 Å². The SMILES string of the molecule is COc1ccc(C(=O)COC(=O)[C@H](Cc2ccccc2)n2cnnn2)cc1. The van der Waals surface area contributed by atoms with Crippen molar-refractivity contribution in [2.75, 3.05) is 13.7 Å². The molecule has 0 unspecified atom stereocenters. The van der Waals surface area contributed by atoms with Gasteiger partial charge in [-0.3, -0.25) is 4.79 Å². The van der Waals surface area contributed by atoms with Crippen molar-refractivity contribution in [2.24, 2.45) is 0 Å². The van der Waals surface area contributed by atoms with Crippen LogP contribution in [0.5, 0.6) is 5.75 Å². The van der Waals surface area contributed by atoms with Gasteiger partial charge in [0.2, 0.25) is 0 Å². The molecule has 1 heterocycles. The maximum atomic E-state index is 12.6. The molecule has 1 atom stereocenters. The first-order chi connectivity index (χ1) is 13.2. The zero-order chi connectivity index (χ0) is 19.1. The highest BCUT2D eigenvalue weighted by molar-refractivity contribution is 5.98. The highest BCUT2D eigenvalue weighted by Crippen LogP contribution is 2.16. The smallest absolute Gasteiger partial charge is 0.331 e. The van der Waals surface area contributed by atoms with Gasteiger partial charge in [-0.05, 0) is 40.3 Å². The highest BCUT2D eigenvalue weighted by Gasteiger charge is 2.25. The quantitative estimate of drug-likeness (QED) is 0.444. The Morgan fingerprint density at radius 2 is 1.81 bits per heavy atom. The van der Waals surface area contributed by atoms with E-state index in [0.717, 1.165) is 5.56 Å². The van der Waals surface area contributed by atoms with Crippen molar-refractivity contribution in [3.05, 3.63) is 72.1 Å². The second-order valence-electron chi connectivity index (χ2n) is 5.75. The zero-order valence-electron chi connectivity index (χ0n) is 14.7. The van der Waals surface area contributed by atoms with Gasteiger partial charge in [0.05, 0.1) is 7.11 Å². The molecule has 0 aliphatic heterocycles. The van der Waals surface area contributed by atoms with Crippen molar-refractivity contribution in [2.45, 2.75) is 12.5 Å². The molecule has 0 aliphatic rings. The fourth-order valence-corrected chi connectivity index (χ4v) is 2.53. The summed E-state index contributed by atoms with van der Waals surface area (Å²) in [5, 5.41) is 10.9. The molecule has 0 saturated heterocycles. The first kappa shape index (κ1) is 18.2. The molecule has 0 N–H and O–H groups in total. The van der Waals surface area contributed by atoms with Crippen molar-refractivity contribution in [3.63, 3.8) is 0 Å². The first-order valence-electron chi connectivity index (χ1n) is 8.27. The van der Waals surface area contributed by atoms with Crippen LogP contribution in [0, 0.1) is 0 Å². The number of carbonyl (C=O) groups excluding carboxylic acids is 2. The molecule has 0 spiro atoms. The van der Waals surface area contributed by atoms with Gasteiger partial charge in [-0.2, -0.15) is 0 Å². The molecule has 0 aliphatic carbocycles. The number of carbonyl (C=O) groups is 2. The van der Waals surface area contributed by atoms with Crippen LogP contribution in [0.3, 0.4) is 0 Å². The van der Waals surface area contributed by atoms with E-state index in [-0.39, 0.29) is 12.4 Å². The fraction of sp³-hybridized carbons (Fsp3) is 0.211. The van der Waals surface area contributed by atoms with Gasteiger partial charge in [0.25, 0.3) is 0 Å². The number of rotatable bonds is 8. The minimum absolute atomic E-state index is 0.304. The molecule has 3 rings (SSSR count). The Labute approximate surface area is 155 Å². The highest BCUT2D eigenvalue weighted by atomic mass is 16.5. The number of methoxy groups -OCH3 is 1. The Hall–Kier alpha value is -3.55. The molecular weight excluding hydrogens is 348 g/mol. The van der Waals surface area contributed by atoms with Crippen molar-refractivity contribution in [3.8, 4) is 5.75 Å². The predicted molar refractivity (Wildman–Crippen MR) is 95.3 cm³/mol. The number of ether oxygens (including phenoxy) is 2. The average Bonchev–Trinajstić information content (AvgIpc) is 3.25. The lowest BCUT2D eigenvalue weighted by atomic mass is 10.1. The van der Waals surface area contributed by atoms with Crippen molar-refractivity contribution < 1.29 is 19.1 Å². The van der Waals surface area contributed by atoms with Crippen molar-refractivity contribution in [1.29, 1.82) is 0 Å². The second-order valence-corrected chi connectivity index (χ2v) is 5.75. The largest absolute Gasteiger partial charge is 0.497 e.